The average molecular weight is 460 g/mol. The fourth-order valence-electron chi connectivity index (χ4n) is 3.15. The average Bonchev–Trinajstić information content (AvgIpc) is 2.71. The van der Waals surface area contributed by atoms with Crippen molar-refractivity contribution < 1.29 is 9.53 Å². The second-order valence-electron chi connectivity index (χ2n) is 7.82. The Morgan fingerprint density at radius 2 is 1.97 bits per heavy atom. The topological polar surface area (TPSA) is 73.2 Å². The zero-order valence-corrected chi connectivity index (χ0v) is 19.8. The molecule has 0 radical (unpaired) electrons. The SMILES string of the molecule is COc1ccc(C)cc1NC(=O)C(C)Sc1nc2ccc(Cl)cc2c(=O)n1CC(C)C. The van der Waals surface area contributed by atoms with E-state index in [2.05, 4.69) is 10.3 Å². The Balaban J connectivity index is 1.92. The highest BCUT2D eigenvalue weighted by Gasteiger charge is 2.21. The standard InChI is InChI=1S/C23H26ClN3O3S/c1-13(2)12-27-22(29)17-11-16(24)7-8-18(17)26-23(27)31-15(4)21(28)25-19-10-14(3)6-9-20(19)30-5/h6-11,13,15H,12H2,1-5H3,(H,25,28). The highest BCUT2D eigenvalue weighted by molar-refractivity contribution is 8.00. The Morgan fingerprint density at radius 1 is 1.23 bits per heavy atom. The summed E-state index contributed by atoms with van der Waals surface area (Å²) in [6.45, 7) is 8.30. The largest absolute Gasteiger partial charge is 0.495 e. The summed E-state index contributed by atoms with van der Waals surface area (Å²) in [6.07, 6.45) is 0. The Kier molecular flexibility index (Phi) is 7.28. The van der Waals surface area contributed by atoms with Crippen molar-refractivity contribution in [2.45, 2.75) is 44.6 Å². The van der Waals surface area contributed by atoms with E-state index >= 15 is 0 Å². The lowest BCUT2D eigenvalue weighted by Crippen LogP contribution is -2.28. The van der Waals surface area contributed by atoms with Gasteiger partial charge in [-0.3, -0.25) is 14.2 Å². The molecule has 0 spiro atoms. The lowest BCUT2D eigenvalue weighted by molar-refractivity contribution is -0.115. The molecule has 1 unspecified atom stereocenters. The molecule has 1 heterocycles. The number of fused-ring (bicyclic) bond motifs is 1. The Morgan fingerprint density at radius 3 is 2.65 bits per heavy atom. The molecule has 164 valence electrons. The van der Waals surface area contributed by atoms with Crippen molar-refractivity contribution in [3.63, 3.8) is 0 Å². The first-order valence-electron chi connectivity index (χ1n) is 10.0. The highest BCUT2D eigenvalue weighted by atomic mass is 35.5. The fourth-order valence-corrected chi connectivity index (χ4v) is 4.24. The quantitative estimate of drug-likeness (QED) is 0.391. The number of aryl methyl sites for hydroxylation is 1. The van der Waals surface area contributed by atoms with Crippen molar-refractivity contribution in [1.29, 1.82) is 0 Å². The van der Waals surface area contributed by atoms with Gasteiger partial charge in [-0.1, -0.05) is 43.3 Å². The number of nitrogens with zero attached hydrogens (tertiary/aromatic N) is 2. The van der Waals surface area contributed by atoms with Crippen LogP contribution in [0.4, 0.5) is 5.69 Å². The van der Waals surface area contributed by atoms with E-state index in [9.17, 15) is 9.59 Å². The normalized spacial score (nSPS) is 12.2. The van der Waals surface area contributed by atoms with Crippen molar-refractivity contribution in [2.24, 2.45) is 5.92 Å². The molecule has 0 aliphatic carbocycles. The summed E-state index contributed by atoms with van der Waals surface area (Å²) in [7, 11) is 1.56. The number of aromatic nitrogens is 2. The van der Waals surface area contributed by atoms with Crippen LogP contribution in [0.3, 0.4) is 0 Å². The lowest BCUT2D eigenvalue weighted by Gasteiger charge is -2.18. The smallest absolute Gasteiger partial charge is 0.262 e. The van der Waals surface area contributed by atoms with Crippen LogP contribution in [0.5, 0.6) is 5.75 Å². The zero-order chi connectivity index (χ0) is 22.7. The number of nitrogens with one attached hydrogen (secondary N) is 1. The van der Waals surface area contributed by atoms with Gasteiger partial charge in [0.25, 0.3) is 5.56 Å². The molecule has 3 rings (SSSR count). The van der Waals surface area contributed by atoms with E-state index in [-0.39, 0.29) is 17.4 Å². The summed E-state index contributed by atoms with van der Waals surface area (Å²) in [5, 5.41) is 3.91. The third-order valence-corrected chi connectivity index (χ3v) is 6.02. The summed E-state index contributed by atoms with van der Waals surface area (Å²) in [5.41, 5.74) is 2.03. The van der Waals surface area contributed by atoms with Gasteiger partial charge in [0.15, 0.2) is 5.16 Å². The second-order valence-corrected chi connectivity index (χ2v) is 9.56. The summed E-state index contributed by atoms with van der Waals surface area (Å²) in [6, 6.07) is 10.7. The number of hydrogen-bond acceptors (Lipinski definition) is 5. The molecule has 6 nitrogen and oxygen atoms in total. The molecule has 31 heavy (non-hydrogen) atoms. The second kappa shape index (κ2) is 9.75. The van der Waals surface area contributed by atoms with Gasteiger partial charge in [-0.15, -0.1) is 0 Å². The first-order chi connectivity index (χ1) is 14.7. The van der Waals surface area contributed by atoms with Gasteiger partial charge in [0, 0.05) is 11.6 Å². The molecule has 0 aliphatic heterocycles. The number of carbonyl (C=O) groups excluding carboxylic acids is 1. The van der Waals surface area contributed by atoms with E-state index < -0.39 is 5.25 Å². The molecule has 0 aliphatic rings. The van der Waals surface area contributed by atoms with Gasteiger partial charge in [0.1, 0.15) is 5.75 Å². The van der Waals surface area contributed by atoms with Crippen LogP contribution in [0.2, 0.25) is 5.02 Å². The van der Waals surface area contributed by atoms with E-state index in [0.29, 0.717) is 39.1 Å². The van der Waals surface area contributed by atoms with E-state index in [4.69, 9.17) is 16.3 Å². The van der Waals surface area contributed by atoms with Gasteiger partial charge in [-0.05, 0) is 55.7 Å². The van der Waals surface area contributed by atoms with E-state index in [1.54, 1.807) is 36.8 Å². The molecule has 0 fully saturated rings. The molecule has 1 atom stereocenters. The van der Waals surface area contributed by atoms with Crippen molar-refractivity contribution in [3.8, 4) is 5.75 Å². The lowest BCUT2D eigenvalue weighted by atomic mass is 10.2. The number of rotatable bonds is 7. The summed E-state index contributed by atoms with van der Waals surface area (Å²) >= 11 is 7.34. The van der Waals surface area contributed by atoms with Crippen molar-refractivity contribution in [1.82, 2.24) is 9.55 Å². The molecule has 8 heteroatoms. The van der Waals surface area contributed by atoms with Gasteiger partial charge in [-0.25, -0.2) is 4.98 Å². The Bertz CT molecular complexity index is 1180. The molecular weight excluding hydrogens is 434 g/mol. The number of methoxy groups -OCH3 is 1. The molecule has 0 saturated carbocycles. The number of amides is 1. The monoisotopic (exact) mass is 459 g/mol. The number of thioether (sulfide) groups is 1. The fraction of sp³-hybridized carbons (Fsp3) is 0.348. The van der Waals surface area contributed by atoms with Crippen molar-refractivity contribution in [3.05, 3.63) is 57.3 Å². The minimum Gasteiger partial charge on any atom is -0.495 e. The van der Waals surface area contributed by atoms with Gasteiger partial charge in [0.2, 0.25) is 5.91 Å². The number of anilines is 1. The van der Waals surface area contributed by atoms with Gasteiger partial charge < -0.3 is 10.1 Å². The highest BCUT2D eigenvalue weighted by Crippen LogP contribution is 2.28. The molecule has 0 saturated heterocycles. The minimum atomic E-state index is -0.486. The number of ether oxygens (including phenoxy) is 1. The molecular formula is C23H26ClN3O3S. The third-order valence-electron chi connectivity index (χ3n) is 4.69. The maximum Gasteiger partial charge on any atom is 0.262 e. The first kappa shape index (κ1) is 23.2. The van der Waals surface area contributed by atoms with Crippen LogP contribution in [0.25, 0.3) is 10.9 Å². The van der Waals surface area contributed by atoms with E-state index in [1.165, 1.54) is 11.8 Å². The number of halogens is 1. The maximum atomic E-state index is 13.1. The van der Waals surface area contributed by atoms with Crippen LogP contribution in [0.1, 0.15) is 26.3 Å². The van der Waals surface area contributed by atoms with Crippen LogP contribution in [0.15, 0.2) is 46.3 Å². The van der Waals surface area contributed by atoms with Crippen molar-refractivity contribution >= 4 is 45.9 Å². The van der Waals surface area contributed by atoms with Gasteiger partial charge in [0.05, 0.1) is 29.0 Å². The van der Waals surface area contributed by atoms with Gasteiger partial charge in [-0.2, -0.15) is 0 Å². The molecule has 1 amide bonds. The number of benzene rings is 2. The molecule has 1 aromatic heterocycles. The molecule has 3 aromatic rings. The van der Waals surface area contributed by atoms with Gasteiger partial charge >= 0.3 is 0 Å². The van der Waals surface area contributed by atoms with E-state index in [0.717, 1.165) is 5.56 Å². The molecule has 2 aromatic carbocycles. The summed E-state index contributed by atoms with van der Waals surface area (Å²) in [5.74, 6) is 0.625. The first-order valence-corrected chi connectivity index (χ1v) is 11.3. The maximum absolute atomic E-state index is 13.1. The van der Waals surface area contributed by atoms with Crippen LogP contribution >= 0.6 is 23.4 Å². The summed E-state index contributed by atoms with van der Waals surface area (Å²) < 4.78 is 6.98. The van der Waals surface area contributed by atoms with Crippen molar-refractivity contribution in [2.75, 3.05) is 12.4 Å². The predicted octanol–water partition coefficient (Wildman–Crippen LogP) is 5.14. The Hall–Kier alpha value is -2.51. The Labute approximate surface area is 191 Å². The van der Waals surface area contributed by atoms with Crippen LogP contribution in [0, 0.1) is 12.8 Å². The molecule has 1 N–H and O–H groups in total. The third kappa shape index (κ3) is 5.40. The zero-order valence-electron chi connectivity index (χ0n) is 18.2. The molecule has 0 bridgehead atoms. The van der Waals surface area contributed by atoms with Crippen LogP contribution in [-0.2, 0) is 11.3 Å². The minimum absolute atomic E-state index is 0.156. The summed E-state index contributed by atoms with van der Waals surface area (Å²) in [4.78, 5) is 30.7. The number of hydrogen-bond donors (Lipinski definition) is 1. The van der Waals surface area contributed by atoms with Crippen LogP contribution < -0.4 is 15.6 Å². The van der Waals surface area contributed by atoms with E-state index in [1.807, 2.05) is 39.0 Å². The number of carbonyl (C=O) groups is 1. The predicted molar refractivity (Wildman–Crippen MR) is 128 cm³/mol. The van der Waals surface area contributed by atoms with Crippen LogP contribution in [-0.4, -0.2) is 27.8 Å².